The van der Waals surface area contributed by atoms with Crippen molar-refractivity contribution in [2.45, 2.75) is 11.8 Å². The largest absolute Gasteiger partial charge is 0.257 e. The molecule has 0 saturated carbocycles. The lowest BCUT2D eigenvalue weighted by Crippen LogP contribution is -1.92. The number of aromatic nitrogens is 1. The number of pyridine rings is 1. The van der Waals surface area contributed by atoms with Gasteiger partial charge in [0.15, 0.2) is 0 Å². The zero-order chi connectivity index (χ0) is 7.56. The van der Waals surface area contributed by atoms with E-state index in [2.05, 4.69) is 20.9 Å². The highest BCUT2D eigenvalue weighted by Crippen LogP contribution is 2.20. The third-order valence-corrected chi connectivity index (χ3v) is 1.60. The summed E-state index contributed by atoms with van der Waals surface area (Å²) in [4.78, 5) is 3.84. The van der Waals surface area contributed by atoms with Crippen LogP contribution in [0.5, 0.6) is 0 Å². The van der Waals surface area contributed by atoms with Crippen LogP contribution in [0.15, 0.2) is 18.3 Å². The summed E-state index contributed by atoms with van der Waals surface area (Å²) in [6.07, 6.45) is 1.58. The molecular weight excluding hydrogens is 197 g/mol. The Labute approximate surface area is 67.4 Å². The van der Waals surface area contributed by atoms with Gasteiger partial charge in [-0.1, -0.05) is 15.9 Å². The Morgan fingerprint density at radius 1 is 1.70 bits per heavy atom. The molecule has 0 N–H and O–H groups in total. The van der Waals surface area contributed by atoms with Crippen molar-refractivity contribution in [1.82, 2.24) is 4.98 Å². The van der Waals surface area contributed by atoms with E-state index in [0.717, 1.165) is 0 Å². The summed E-state index contributed by atoms with van der Waals surface area (Å²) >= 11 is 3.23. The standard InChI is InChI=1S/C7H7BrFN/c1-5(8)7-6(9)3-2-4-10-7/h2-5H,1H3/t5-/m0/s1. The van der Waals surface area contributed by atoms with E-state index >= 15 is 0 Å². The molecule has 1 aromatic rings. The molecule has 0 aliphatic rings. The first kappa shape index (κ1) is 7.66. The number of hydrogen-bond donors (Lipinski definition) is 0. The molecule has 0 amide bonds. The van der Waals surface area contributed by atoms with Crippen LogP contribution in [0.4, 0.5) is 4.39 Å². The lowest BCUT2D eigenvalue weighted by atomic mass is 10.3. The van der Waals surface area contributed by atoms with Crippen LogP contribution in [0.1, 0.15) is 17.4 Å². The summed E-state index contributed by atoms with van der Waals surface area (Å²) in [6, 6.07) is 2.98. The predicted molar refractivity (Wildman–Crippen MR) is 41.5 cm³/mol. The topological polar surface area (TPSA) is 12.9 Å². The van der Waals surface area contributed by atoms with Gasteiger partial charge in [-0.25, -0.2) is 4.39 Å². The van der Waals surface area contributed by atoms with E-state index < -0.39 is 0 Å². The molecule has 1 heterocycles. The van der Waals surface area contributed by atoms with Crippen molar-refractivity contribution in [3.05, 3.63) is 29.8 Å². The van der Waals surface area contributed by atoms with Gasteiger partial charge in [-0.3, -0.25) is 4.98 Å². The van der Waals surface area contributed by atoms with E-state index in [9.17, 15) is 4.39 Å². The van der Waals surface area contributed by atoms with Crippen LogP contribution in [0.2, 0.25) is 0 Å². The van der Waals surface area contributed by atoms with Gasteiger partial charge in [0.1, 0.15) is 5.82 Å². The highest BCUT2D eigenvalue weighted by atomic mass is 79.9. The Balaban J connectivity index is 3.03. The maximum Gasteiger partial charge on any atom is 0.145 e. The predicted octanol–water partition coefficient (Wildman–Crippen LogP) is 2.68. The number of nitrogens with zero attached hydrogens (tertiary/aromatic N) is 1. The van der Waals surface area contributed by atoms with E-state index in [0.29, 0.717) is 5.69 Å². The van der Waals surface area contributed by atoms with E-state index in [4.69, 9.17) is 0 Å². The Morgan fingerprint density at radius 3 is 2.80 bits per heavy atom. The van der Waals surface area contributed by atoms with Crippen LogP contribution in [0.25, 0.3) is 0 Å². The van der Waals surface area contributed by atoms with Crippen LogP contribution < -0.4 is 0 Å². The van der Waals surface area contributed by atoms with Crippen LogP contribution in [0, 0.1) is 5.82 Å². The molecule has 0 saturated heterocycles. The second-order valence-electron chi connectivity index (χ2n) is 1.99. The van der Waals surface area contributed by atoms with Crippen molar-refractivity contribution in [2.75, 3.05) is 0 Å². The van der Waals surface area contributed by atoms with Gasteiger partial charge in [0.2, 0.25) is 0 Å². The molecule has 1 nitrogen and oxygen atoms in total. The Morgan fingerprint density at radius 2 is 2.40 bits per heavy atom. The summed E-state index contributed by atoms with van der Waals surface area (Å²) in [5, 5.41) is 0. The fraction of sp³-hybridized carbons (Fsp3) is 0.286. The maximum absolute atomic E-state index is 12.7. The molecule has 54 valence electrons. The number of rotatable bonds is 1. The average molecular weight is 204 g/mol. The normalized spacial score (nSPS) is 13.1. The summed E-state index contributed by atoms with van der Waals surface area (Å²) in [5.41, 5.74) is 0.461. The van der Waals surface area contributed by atoms with Gasteiger partial charge in [0.05, 0.1) is 10.5 Å². The smallest absolute Gasteiger partial charge is 0.145 e. The first-order valence-electron chi connectivity index (χ1n) is 2.96. The van der Waals surface area contributed by atoms with Crippen molar-refractivity contribution < 1.29 is 4.39 Å². The molecule has 3 heteroatoms. The van der Waals surface area contributed by atoms with Crippen LogP contribution in [0.3, 0.4) is 0 Å². The Bertz CT molecular complexity index is 225. The minimum Gasteiger partial charge on any atom is -0.257 e. The summed E-state index contributed by atoms with van der Waals surface area (Å²) in [5.74, 6) is -0.258. The van der Waals surface area contributed by atoms with Crippen molar-refractivity contribution >= 4 is 15.9 Å². The molecule has 0 unspecified atom stereocenters. The minimum atomic E-state index is -0.258. The molecule has 0 fully saturated rings. The molecule has 1 aromatic heterocycles. The molecule has 10 heavy (non-hydrogen) atoms. The molecule has 0 aromatic carbocycles. The van der Waals surface area contributed by atoms with E-state index in [1.54, 1.807) is 12.3 Å². The van der Waals surface area contributed by atoms with Crippen LogP contribution in [-0.4, -0.2) is 4.98 Å². The fourth-order valence-electron chi connectivity index (χ4n) is 0.691. The third kappa shape index (κ3) is 1.53. The molecule has 0 bridgehead atoms. The molecular formula is C7H7BrFN. The molecule has 0 radical (unpaired) electrons. The minimum absolute atomic E-state index is 0.0197. The summed E-state index contributed by atoms with van der Waals surface area (Å²) < 4.78 is 12.7. The lowest BCUT2D eigenvalue weighted by Gasteiger charge is -2.01. The number of halogens is 2. The monoisotopic (exact) mass is 203 g/mol. The number of hydrogen-bond acceptors (Lipinski definition) is 1. The van der Waals surface area contributed by atoms with Gasteiger partial charge in [0, 0.05) is 6.20 Å². The first-order valence-corrected chi connectivity index (χ1v) is 3.88. The molecule has 0 aliphatic carbocycles. The molecule has 0 spiro atoms. The van der Waals surface area contributed by atoms with Crippen LogP contribution in [-0.2, 0) is 0 Å². The lowest BCUT2D eigenvalue weighted by molar-refractivity contribution is 0.601. The van der Waals surface area contributed by atoms with E-state index in [1.165, 1.54) is 6.07 Å². The summed E-state index contributed by atoms with van der Waals surface area (Å²) in [6.45, 7) is 1.84. The number of alkyl halides is 1. The van der Waals surface area contributed by atoms with Gasteiger partial charge in [0.25, 0.3) is 0 Å². The second-order valence-corrected chi connectivity index (χ2v) is 3.36. The van der Waals surface area contributed by atoms with Gasteiger partial charge in [-0.05, 0) is 19.1 Å². The highest BCUT2D eigenvalue weighted by Gasteiger charge is 2.06. The Hall–Kier alpha value is -0.440. The summed E-state index contributed by atoms with van der Waals surface area (Å²) in [7, 11) is 0. The fourth-order valence-corrected chi connectivity index (χ4v) is 1.03. The van der Waals surface area contributed by atoms with Crippen molar-refractivity contribution in [2.24, 2.45) is 0 Å². The van der Waals surface area contributed by atoms with Crippen molar-refractivity contribution in [3.8, 4) is 0 Å². The maximum atomic E-state index is 12.7. The zero-order valence-corrected chi connectivity index (χ0v) is 7.10. The SMILES string of the molecule is C[C@H](Br)c1ncccc1F. The van der Waals surface area contributed by atoms with Crippen molar-refractivity contribution in [1.29, 1.82) is 0 Å². The highest BCUT2D eigenvalue weighted by molar-refractivity contribution is 9.09. The van der Waals surface area contributed by atoms with Gasteiger partial charge >= 0.3 is 0 Å². The van der Waals surface area contributed by atoms with Gasteiger partial charge in [-0.15, -0.1) is 0 Å². The van der Waals surface area contributed by atoms with Crippen molar-refractivity contribution in [3.63, 3.8) is 0 Å². The Kier molecular flexibility index (Phi) is 2.38. The third-order valence-electron chi connectivity index (χ3n) is 1.16. The van der Waals surface area contributed by atoms with E-state index in [-0.39, 0.29) is 10.6 Å². The van der Waals surface area contributed by atoms with Gasteiger partial charge < -0.3 is 0 Å². The van der Waals surface area contributed by atoms with Gasteiger partial charge in [-0.2, -0.15) is 0 Å². The quantitative estimate of drug-likeness (QED) is 0.640. The first-order chi connectivity index (χ1) is 4.72. The van der Waals surface area contributed by atoms with Crippen LogP contribution >= 0.6 is 15.9 Å². The second kappa shape index (κ2) is 3.10. The molecule has 1 rings (SSSR count). The average Bonchev–Trinajstić information content (AvgIpc) is 1.88. The zero-order valence-electron chi connectivity index (χ0n) is 5.51. The molecule has 0 aliphatic heterocycles. The van der Waals surface area contributed by atoms with E-state index in [1.807, 2.05) is 6.92 Å². The molecule has 1 atom stereocenters.